The lowest BCUT2D eigenvalue weighted by atomic mass is 10.0. The minimum absolute atomic E-state index is 0.472. The van der Waals surface area contributed by atoms with Gasteiger partial charge in [0.05, 0.1) is 13.2 Å². The summed E-state index contributed by atoms with van der Waals surface area (Å²) in [4.78, 5) is 2.66. The quantitative estimate of drug-likeness (QED) is 0.730. The summed E-state index contributed by atoms with van der Waals surface area (Å²) >= 11 is 2.35. The fourth-order valence-corrected chi connectivity index (χ4v) is 5.08. The average molecular weight is 401 g/mol. The number of hydrogen-bond acceptors (Lipinski definition) is 3. The molecule has 0 amide bonds. The zero-order chi connectivity index (χ0) is 14.6. The number of hydrogen-bond donors (Lipinski definition) is 0. The van der Waals surface area contributed by atoms with E-state index in [1.165, 1.54) is 18.5 Å². The highest BCUT2D eigenvalue weighted by molar-refractivity contribution is 14.1. The Morgan fingerprint density at radius 2 is 1.90 bits per heavy atom. The van der Waals surface area contributed by atoms with Crippen molar-refractivity contribution in [1.82, 2.24) is 14.7 Å². The third-order valence-corrected chi connectivity index (χ3v) is 6.07. The number of fused-ring (bicyclic) bond motifs is 1. The first-order valence-electron chi connectivity index (χ1n) is 8.22. The predicted molar refractivity (Wildman–Crippen MR) is 90.5 cm³/mol. The van der Waals surface area contributed by atoms with Crippen LogP contribution in [0.4, 0.5) is 0 Å². The normalized spacial score (nSPS) is 36.2. The second-order valence-corrected chi connectivity index (χ2v) is 8.16. The number of halogens is 1. The molecule has 3 fully saturated rings. The van der Waals surface area contributed by atoms with Crippen LogP contribution in [0.2, 0.25) is 0 Å². The molecule has 1 aliphatic heterocycles. The minimum Gasteiger partial charge on any atom is -0.379 e. The van der Waals surface area contributed by atoms with E-state index in [2.05, 4.69) is 57.2 Å². The van der Waals surface area contributed by atoms with Gasteiger partial charge in [-0.15, -0.1) is 0 Å². The fraction of sp³-hybridized carbons (Fsp3) is 0.812. The molecule has 2 saturated carbocycles. The van der Waals surface area contributed by atoms with Gasteiger partial charge in [-0.25, -0.2) is 0 Å². The van der Waals surface area contributed by atoms with Crippen LogP contribution in [-0.2, 0) is 4.74 Å². The molecule has 3 aliphatic rings. The maximum Gasteiger partial charge on any atom is 0.123 e. The van der Waals surface area contributed by atoms with E-state index in [1.807, 2.05) is 0 Å². The Morgan fingerprint density at radius 3 is 2.52 bits per heavy atom. The van der Waals surface area contributed by atoms with Crippen molar-refractivity contribution in [2.24, 2.45) is 11.8 Å². The maximum absolute atomic E-state index is 5.48. The summed E-state index contributed by atoms with van der Waals surface area (Å²) in [5, 5.41) is 4.68. The van der Waals surface area contributed by atoms with Gasteiger partial charge in [-0.05, 0) is 67.2 Å². The zero-order valence-corrected chi connectivity index (χ0v) is 15.0. The molecule has 1 saturated heterocycles. The SMILES string of the molecule is CC(C)n1nc(I)cc1[C@H]1[C@@H]2CC(N3CCOCC3)C[C@@H]21. The van der Waals surface area contributed by atoms with Crippen molar-refractivity contribution in [3.63, 3.8) is 0 Å². The monoisotopic (exact) mass is 401 g/mol. The third-order valence-electron chi connectivity index (χ3n) is 5.55. The number of rotatable bonds is 3. The van der Waals surface area contributed by atoms with Crippen LogP contribution in [0.5, 0.6) is 0 Å². The topological polar surface area (TPSA) is 30.3 Å². The molecule has 0 spiro atoms. The first-order chi connectivity index (χ1) is 10.1. The van der Waals surface area contributed by atoms with Gasteiger partial charge in [-0.2, -0.15) is 5.10 Å². The molecular weight excluding hydrogens is 377 g/mol. The second kappa shape index (κ2) is 5.49. The summed E-state index contributed by atoms with van der Waals surface area (Å²) in [6, 6.07) is 3.60. The number of ether oxygens (including phenoxy) is 1. The predicted octanol–water partition coefficient (Wildman–Crippen LogP) is 2.89. The first-order valence-corrected chi connectivity index (χ1v) is 9.29. The summed E-state index contributed by atoms with van der Waals surface area (Å²) < 4.78 is 8.88. The van der Waals surface area contributed by atoms with E-state index in [0.29, 0.717) is 6.04 Å². The van der Waals surface area contributed by atoms with Crippen LogP contribution in [0.1, 0.15) is 44.3 Å². The molecular formula is C16H24IN3O. The molecule has 4 atom stereocenters. The molecule has 5 heteroatoms. The highest BCUT2D eigenvalue weighted by atomic mass is 127. The van der Waals surface area contributed by atoms with Gasteiger partial charge in [0.2, 0.25) is 0 Å². The Labute approximate surface area is 140 Å². The zero-order valence-electron chi connectivity index (χ0n) is 12.8. The Bertz CT molecular complexity index is 512. The molecule has 1 unspecified atom stereocenters. The summed E-state index contributed by atoms with van der Waals surface area (Å²) in [6.07, 6.45) is 2.77. The van der Waals surface area contributed by atoms with Crippen molar-refractivity contribution in [2.45, 2.75) is 44.7 Å². The molecule has 0 aromatic carbocycles. The van der Waals surface area contributed by atoms with Crippen LogP contribution >= 0.6 is 22.6 Å². The van der Waals surface area contributed by atoms with Crippen molar-refractivity contribution in [1.29, 1.82) is 0 Å². The molecule has 0 radical (unpaired) electrons. The van der Waals surface area contributed by atoms with Crippen LogP contribution in [0.3, 0.4) is 0 Å². The van der Waals surface area contributed by atoms with E-state index in [0.717, 1.165) is 53.8 Å². The fourth-order valence-electron chi connectivity index (χ4n) is 4.53. The van der Waals surface area contributed by atoms with Gasteiger partial charge < -0.3 is 4.74 Å². The van der Waals surface area contributed by atoms with E-state index in [1.54, 1.807) is 0 Å². The molecule has 2 heterocycles. The second-order valence-electron chi connectivity index (χ2n) is 7.06. The van der Waals surface area contributed by atoms with E-state index >= 15 is 0 Å². The van der Waals surface area contributed by atoms with Gasteiger partial charge in [-0.3, -0.25) is 9.58 Å². The Kier molecular flexibility index (Phi) is 3.78. The van der Waals surface area contributed by atoms with Crippen LogP contribution in [0.25, 0.3) is 0 Å². The molecule has 21 heavy (non-hydrogen) atoms. The lowest BCUT2D eigenvalue weighted by Crippen LogP contribution is -2.43. The molecule has 1 aromatic heterocycles. The lowest BCUT2D eigenvalue weighted by molar-refractivity contribution is 0.0151. The number of morpholine rings is 1. The van der Waals surface area contributed by atoms with E-state index in [9.17, 15) is 0 Å². The summed E-state index contributed by atoms with van der Waals surface area (Å²) in [7, 11) is 0. The van der Waals surface area contributed by atoms with Crippen LogP contribution in [-0.4, -0.2) is 47.0 Å². The van der Waals surface area contributed by atoms with Gasteiger partial charge in [0, 0.05) is 36.8 Å². The molecule has 4 rings (SSSR count). The van der Waals surface area contributed by atoms with Gasteiger partial charge in [0.1, 0.15) is 3.70 Å². The first kappa shape index (κ1) is 14.5. The van der Waals surface area contributed by atoms with Crippen molar-refractivity contribution < 1.29 is 4.74 Å². The Hall–Kier alpha value is -0.140. The van der Waals surface area contributed by atoms with Crippen molar-refractivity contribution in [3.05, 3.63) is 15.5 Å². The highest BCUT2D eigenvalue weighted by Gasteiger charge is 2.58. The van der Waals surface area contributed by atoms with Crippen LogP contribution < -0.4 is 0 Å². The molecule has 0 bridgehead atoms. The van der Waals surface area contributed by atoms with Gasteiger partial charge in [0.25, 0.3) is 0 Å². The Morgan fingerprint density at radius 1 is 1.24 bits per heavy atom. The van der Waals surface area contributed by atoms with Gasteiger partial charge in [0.15, 0.2) is 0 Å². The molecule has 116 valence electrons. The standard InChI is InChI=1S/C16H24IN3O/c1-10(2)20-14(9-15(17)18-20)16-12-7-11(8-13(12)16)19-3-5-21-6-4-19/h9-13,16H,3-8H2,1-2H3/t11?,12-,13+,16+. The van der Waals surface area contributed by atoms with Crippen molar-refractivity contribution in [2.75, 3.05) is 26.3 Å². The van der Waals surface area contributed by atoms with Crippen LogP contribution in [0.15, 0.2) is 6.07 Å². The molecule has 1 aromatic rings. The molecule has 0 N–H and O–H groups in total. The Balaban J connectivity index is 1.44. The maximum atomic E-state index is 5.48. The molecule has 2 aliphatic carbocycles. The number of nitrogens with zero attached hydrogens (tertiary/aromatic N) is 3. The smallest absolute Gasteiger partial charge is 0.123 e. The lowest BCUT2D eigenvalue weighted by Gasteiger charge is -2.33. The van der Waals surface area contributed by atoms with Gasteiger partial charge in [-0.1, -0.05) is 0 Å². The highest BCUT2D eigenvalue weighted by Crippen LogP contribution is 2.64. The number of aromatic nitrogens is 2. The van der Waals surface area contributed by atoms with E-state index in [4.69, 9.17) is 4.74 Å². The van der Waals surface area contributed by atoms with Crippen molar-refractivity contribution >= 4 is 22.6 Å². The summed E-state index contributed by atoms with van der Waals surface area (Å²) in [5.74, 6) is 2.59. The largest absolute Gasteiger partial charge is 0.379 e. The minimum atomic E-state index is 0.472. The van der Waals surface area contributed by atoms with E-state index in [-0.39, 0.29) is 0 Å². The summed E-state index contributed by atoms with van der Waals surface area (Å²) in [5.41, 5.74) is 1.49. The van der Waals surface area contributed by atoms with E-state index < -0.39 is 0 Å². The average Bonchev–Trinajstić information content (AvgIpc) is 2.86. The van der Waals surface area contributed by atoms with Crippen LogP contribution in [0, 0.1) is 15.5 Å². The third kappa shape index (κ3) is 2.55. The summed E-state index contributed by atoms with van der Waals surface area (Å²) in [6.45, 7) is 8.59. The van der Waals surface area contributed by atoms with Crippen molar-refractivity contribution in [3.8, 4) is 0 Å². The molecule has 4 nitrogen and oxygen atoms in total. The van der Waals surface area contributed by atoms with Gasteiger partial charge >= 0.3 is 0 Å².